The molecular weight excluding hydrogens is 253 g/mol. The van der Waals surface area contributed by atoms with Gasteiger partial charge in [-0.25, -0.2) is 4.39 Å². The van der Waals surface area contributed by atoms with E-state index in [-0.39, 0.29) is 5.82 Å². The monoisotopic (exact) mass is 265 g/mol. The zero-order valence-electron chi connectivity index (χ0n) is 10.6. The maximum absolute atomic E-state index is 13.2. The van der Waals surface area contributed by atoms with Crippen LogP contribution in [0, 0.1) is 5.82 Å². The average Bonchev–Trinajstić information content (AvgIpc) is 2.48. The molecule has 0 aliphatic carbocycles. The van der Waals surface area contributed by atoms with Crippen LogP contribution in [0.4, 0.5) is 10.1 Å². The van der Waals surface area contributed by atoms with Gasteiger partial charge in [0.05, 0.1) is 17.4 Å². The van der Waals surface area contributed by atoms with Gasteiger partial charge in [0.25, 0.3) is 0 Å². The second-order valence-electron chi connectivity index (χ2n) is 4.30. The van der Waals surface area contributed by atoms with Crippen molar-refractivity contribution in [3.8, 4) is 0 Å². The number of hydrogen-bond donors (Lipinski definition) is 1. The second kappa shape index (κ2) is 5.48. The summed E-state index contributed by atoms with van der Waals surface area (Å²) < 4.78 is 13.2. The van der Waals surface area contributed by atoms with Gasteiger partial charge in [-0.1, -0.05) is 30.3 Å². The van der Waals surface area contributed by atoms with Crippen molar-refractivity contribution >= 4 is 22.8 Å². The van der Waals surface area contributed by atoms with Gasteiger partial charge >= 0.3 is 0 Å². The molecule has 0 atom stereocenters. The normalized spacial score (nSPS) is 11.1. The number of rotatable bonds is 3. The molecule has 0 saturated heterocycles. The van der Waals surface area contributed by atoms with Crippen molar-refractivity contribution in [1.82, 2.24) is 4.98 Å². The molecule has 98 valence electrons. The Kier molecular flexibility index (Phi) is 3.37. The van der Waals surface area contributed by atoms with E-state index in [4.69, 9.17) is 0 Å². The summed E-state index contributed by atoms with van der Waals surface area (Å²) in [7, 11) is 0. The van der Waals surface area contributed by atoms with Gasteiger partial charge in [0.1, 0.15) is 5.82 Å². The number of nitrogens with zero attached hydrogens (tertiary/aromatic N) is 2. The van der Waals surface area contributed by atoms with Gasteiger partial charge in [-0.05, 0) is 23.8 Å². The Balaban J connectivity index is 1.86. The quantitative estimate of drug-likeness (QED) is 0.577. The maximum atomic E-state index is 13.2. The molecule has 0 fully saturated rings. The number of pyridine rings is 1. The molecule has 1 heterocycles. The molecule has 3 rings (SSSR count). The van der Waals surface area contributed by atoms with Crippen LogP contribution < -0.4 is 5.43 Å². The van der Waals surface area contributed by atoms with Crippen LogP contribution in [0.1, 0.15) is 5.56 Å². The van der Waals surface area contributed by atoms with Crippen LogP contribution in [-0.4, -0.2) is 11.2 Å². The number of fused-ring (bicyclic) bond motifs is 1. The molecule has 0 radical (unpaired) electrons. The molecule has 4 heteroatoms. The van der Waals surface area contributed by atoms with E-state index >= 15 is 0 Å². The Morgan fingerprint density at radius 1 is 1.05 bits per heavy atom. The van der Waals surface area contributed by atoms with Gasteiger partial charge in [0.15, 0.2) is 0 Å². The van der Waals surface area contributed by atoms with Gasteiger partial charge in [-0.3, -0.25) is 10.4 Å². The number of nitrogens with one attached hydrogen (secondary N) is 1. The van der Waals surface area contributed by atoms with Crippen LogP contribution >= 0.6 is 0 Å². The van der Waals surface area contributed by atoms with Crippen molar-refractivity contribution in [3.05, 3.63) is 72.2 Å². The van der Waals surface area contributed by atoms with Gasteiger partial charge < -0.3 is 0 Å². The van der Waals surface area contributed by atoms with E-state index in [9.17, 15) is 4.39 Å². The molecule has 3 nitrogen and oxygen atoms in total. The van der Waals surface area contributed by atoms with Gasteiger partial charge in [-0.15, -0.1) is 0 Å². The Bertz CT molecular complexity index is 754. The first-order valence-corrected chi connectivity index (χ1v) is 6.21. The number of halogens is 1. The first-order chi connectivity index (χ1) is 9.83. The van der Waals surface area contributed by atoms with Gasteiger partial charge in [0.2, 0.25) is 0 Å². The lowest BCUT2D eigenvalue weighted by Crippen LogP contribution is -1.93. The Hall–Kier alpha value is -2.75. The number of hydrogen-bond acceptors (Lipinski definition) is 3. The number of anilines is 1. The van der Waals surface area contributed by atoms with Crippen molar-refractivity contribution in [2.75, 3.05) is 5.43 Å². The lowest BCUT2D eigenvalue weighted by Gasteiger charge is -2.04. The molecule has 1 N–H and O–H groups in total. The summed E-state index contributed by atoms with van der Waals surface area (Å²) >= 11 is 0. The summed E-state index contributed by atoms with van der Waals surface area (Å²) in [6.45, 7) is 0. The van der Waals surface area contributed by atoms with E-state index in [1.54, 1.807) is 18.5 Å². The topological polar surface area (TPSA) is 37.3 Å². The maximum Gasteiger partial charge on any atom is 0.125 e. The highest BCUT2D eigenvalue weighted by Gasteiger charge is 2.01. The van der Waals surface area contributed by atoms with E-state index in [1.165, 1.54) is 12.1 Å². The van der Waals surface area contributed by atoms with E-state index in [0.717, 1.165) is 16.6 Å². The van der Waals surface area contributed by atoms with Crippen LogP contribution in [0.15, 0.2) is 65.9 Å². The van der Waals surface area contributed by atoms with Gasteiger partial charge in [-0.2, -0.15) is 5.10 Å². The Morgan fingerprint density at radius 3 is 2.75 bits per heavy atom. The minimum atomic E-state index is -0.296. The fourth-order valence-corrected chi connectivity index (χ4v) is 1.93. The first-order valence-electron chi connectivity index (χ1n) is 6.21. The molecule has 0 aliphatic heterocycles. The van der Waals surface area contributed by atoms with E-state index in [0.29, 0.717) is 5.52 Å². The number of benzene rings is 2. The minimum absolute atomic E-state index is 0.296. The molecule has 0 bridgehead atoms. The number of hydrazone groups is 1. The molecule has 0 unspecified atom stereocenters. The largest absolute Gasteiger partial charge is 0.278 e. The van der Waals surface area contributed by atoms with Crippen molar-refractivity contribution in [1.29, 1.82) is 0 Å². The summed E-state index contributed by atoms with van der Waals surface area (Å²) in [4.78, 5) is 4.14. The Morgan fingerprint density at radius 2 is 1.90 bits per heavy atom. The van der Waals surface area contributed by atoms with Crippen LogP contribution in [0.2, 0.25) is 0 Å². The molecule has 2 aromatic carbocycles. The molecule has 0 saturated carbocycles. The fourth-order valence-electron chi connectivity index (χ4n) is 1.93. The third-order valence-electron chi connectivity index (χ3n) is 2.90. The third-order valence-corrected chi connectivity index (χ3v) is 2.90. The molecule has 0 amide bonds. The van der Waals surface area contributed by atoms with Crippen LogP contribution in [0.3, 0.4) is 0 Å². The lowest BCUT2D eigenvalue weighted by molar-refractivity contribution is 0.629. The highest BCUT2D eigenvalue weighted by molar-refractivity contribution is 5.91. The van der Waals surface area contributed by atoms with E-state index < -0.39 is 0 Å². The SMILES string of the molecule is Fc1ccc2c(N/N=C/c3ccccc3)ccnc2c1. The number of aromatic nitrogens is 1. The zero-order chi connectivity index (χ0) is 13.8. The highest BCUT2D eigenvalue weighted by atomic mass is 19.1. The minimum Gasteiger partial charge on any atom is -0.278 e. The smallest absolute Gasteiger partial charge is 0.125 e. The lowest BCUT2D eigenvalue weighted by atomic mass is 10.2. The summed E-state index contributed by atoms with van der Waals surface area (Å²) in [5.41, 5.74) is 5.36. The Labute approximate surface area is 115 Å². The molecular formula is C16H12FN3. The summed E-state index contributed by atoms with van der Waals surface area (Å²) in [6.07, 6.45) is 3.36. The molecule has 0 spiro atoms. The van der Waals surface area contributed by atoms with Crippen molar-refractivity contribution in [2.24, 2.45) is 5.10 Å². The average molecular weight is 265 g/mol. The molecule has 0 aliphatic rings. The third kappa shape index (κ3) is 2.64. The van der Waals surface area contributed by atoms with Crippen molar-refractivity contribution < 1.29 is 4.39 Å². The second-order valence-corrected chi connectivity index (χ2v) is 4.30. The van der Waals surface area contributed by atoms with Gasteiger partial charge in [0, 0.05) is 17.6 Å². The van der Waals surface area contributed by atoms with Crippen LogP contribution in [-0.2, 0) is 0 Å². The molecule has 3 aromatic rings. The van der Waals surface area contributed by atoms with Crippen LogP contribution in [0.5, 0.6) is 0 Å². The standard InChI is InChI=1S/C16H12FN3/c17-13-6-7-14-15(8-9-18-16(14)10-13)20-19-11-12-4-2-1-3-5-12/h1-11H,(H,18,20)/b19-11+. The zero-order valence-corrected chi connectivity index (χ0v) is 10.6. The van der Waals surface area contributed by atoms with Crippen molar-refractivity contribution in [3.63, 3.8) is 0 Å². The van der Waals surface area contributed by atoms with Crippen LogP contribution in [0.25, 0.3) is 10.9 Å². The first kappa shape index (κ1) is 12.3. The van der Waals surface area contributed by atoms with E-state index in [1.807, 2.05) is 36.4 Å². The summed E-state index contributed by atoms with van der Waals surface area (Å²) in [5.74, 6) is -0.296. The fraction of sp³-hybridized carbons (Fsp3) is 0. The predicted molar refractivity (Wildman–Crippen MR) is 79.4 cm³/mol. The van der Waals surface area contributed by atoms with Crippen molar-refractivity contribution in [2.45, 2.75) is 0 Å². The molecule has 20 heavy (non-hydrogen) atoms. The highest BCUT2D eigenvalue weighted by Crippen LogP contribution is 2.21. The van der Waals surface area contributed by atoms with E-state index in [2.05, 4.69) is 15.5 Å². The summed E-state index contributed by atoms with van der Waals surface area (Å²) in [6, 6.07) is 16.1. The predicted octanol–water partition coefficient (Wildman–Crippen LogP) is 3.82. The summed E-state index contributed by atoms with van der Waals surface area (Å²) in [5, 5.41) is 5.02. The molecule has 1 aromatic heterocycles.